The largest absolute Gasteiger partial charge is 0.356 e. The molecular weight excluding hydrogens is 316 g/mol. The van der Waals surface area contributed by atoms with Crippen LogP contribution in [0.15, 0.2) is 16.8 Å². The summed E-state index contributed by atoms with van der Waals surface area (Å²) in [6.07, 6.45) is 6.45. The van der Waals surface area contributed by atoms with Gasteiger partial charge in [0.25, 0.3) is 0 Å². The monoisotopic (exact) mass is 344 g/mol. The van der Waals surface area contributed by atoms with Crippen LogP contribution in [-0.2, 0) is 11.8 Å². The summed E-state index contributed by atoms with van der Waals surface area (Å²) in [5, 5.41) is 11.8. The first-order valence-electron chi connectivity index (χ1n) is 9.19. The van der Waals surface area contributed by atoms with Crippen LogP contribution >= 0.6 is 0 Å². The van der Waals surface area contributed by atoms with Gasteiger partial charge in [0, 0.05) is 37.7 Å². The molecule has 0 atom stereocenters. The van der Waals surface area contributed by atoms with Crippen molar-refractivity contribution in [3.8, 4) is 11.3 Å². The average Bonchev–Trinajstić information content (AvgIpc) is 3.18. The predicted octanol–water partition coefficient (Wildman–Crippen LogP) is 3.43. The minimum absolute atomic E-state index is 0.0535. The first kappa shape index (κ1) is 17.7. The van der Waals surface area contributed by atoms with Gasteiger partial charge in [-0.05, 0) is 38.5 Å². The second kappa shape index (κ2) is 7.42. The van der Waals surface area contributed by atoms with Crippen molar-refractivity contribution in [2.24, 2.45) is 18.9 Å². The van der Waals surface area contributed by atoms with Crippen LogP contribution in [0, 0.1) is 18.8 Å². The van der Waals surface area contributed by atoms with Crippen molar-refractivity contribution < 1.29 is 9.32 Å². The normalized spacial score (nSPS) is 20.8. The van der Waals surface area contributed by atoms with Gasteiger partial charge in [-0.25, -0.2) is 0 Å². The van der Waals surface area contributed by atoms with Crippen LogP contribution in [-0.4, -0.2) is 27.4 Å². The summed E-state index contributed by atoms with van der Waals surface area (Å²) in [4.78, 5) is 11.7. The Balaban J connectivity index is 1.63. The molecule has 0 radical (unpaired) electrons. The summed E-state index contributed by atoms with van der Waals surface area (Å²) in [7, 11) is 1.95. The standard InChI is InChI=1S/C19H28N4O2/c1-12(2)19(24)20-10-14-5-7-15(8-6-14)18-16(11-23(4)21-18)17-9-13(3)22-25-17/h9,11-12,14-15H,5-8,10H2,1-4H3,(H,20,24). The Morgan fingerprint density at radius 1 is 1.36 bits per heavy atom. The molecular formula is C19H28N4O2. The van der Waals surface area contributed by atoms with E-state index >= 15 is 0 Å². The molecule has 0 aliphatic heterocycles. The molecule has 0 saturated heterocycles. The zero-order chi connectivity index (χ0) is 18.0. The summed E-state index contributed by atoms with van der Waals surface area (Å²) >= 11 is 0. The number of amides is 1. The molecule has 1 fully saturated rings. The highest BCUT2D eigenvalue weighted by atomic mass is 16.5. The lowest BCUT2D eigenvalue weighted by Crippen LogP contribution is -2.33. The van der Waals surface area contributed by atoms with E-state index in [-0.39, 0.29) is 11.8 Å². The number of carbonyl (C=O) groups excluding carboxylic acids is 1. The molecule has 2 heterocycles. The van der Waals surface area contributed by atoms with E-state index in [0.717, 1.165) is 54.9 Å². The minimum atomic E-state index is 0.0535. The highest BCUT2D eigenvalue weighted by molar-refractivity contribution is 5.77. The van der Waals surface area contributed by atoms with Crippen molar-refractivity contribution in [3.63, 3.8) is 0 Å². The van der Waals surface area contributed by atoms with Crippen LogP contribution in [0.2, 0.25) is 0 Å². The number of aromatic nitrogens is 3. The van der Waals surface area contributed by atoms with Crippen LogP contribution in [0.5, 0.6) is 0 Å². The molecule has 25 heavy (non-hydrogen) atoms. The highest BCUT2D eigenvalue weighted by Gasteiger charge is 2.28. The fourth-order valence-electron chi connectivity index (χ4n) is 3.58. The average molecular weight is 344 g/mol. The molecule has 6 nitrogen and oxygen atoms in total. The maximum atomic E-state index is 11.7. The molecule has 2 aromatic heterocycles. The molecule has 1 amide bonds. The third kappa shape index (κ3) is 4.11. The Morgan fingerprint density at radius 3 is 2.68 bits per heavy atom. The molecule has 1 aliphatic rings. The van der Waals surface area contributed by atoms with Crippen LogP contribution in [0.4, 0.5) is 0 Å². The van der Waals surface area contributed by atoms with E-state index in [4.69, 9.17) is 9.62 Å². The second-order valence-electron chi connectivity index (χ2n) is 7.55. The van der Waals surface area contributed by atoms with Gasteiger partial charge in [-0.15, -0.1) is 0 Å². The Morgan fingerprint density at radius 2 is 2.08 bits per heavy atom. The van der Waals surface area contributed by atoms with Crippen molar-refractivity contribution >= 4 is 5.91 Å². The Hall–Kier alpha value is -2.11. The molecule has 0 bridgehead atoms. The SMILES string of the molecule is Cc1cc(-c2cn(C)nc2C2CCC(CNC(=O)C(C)C)CC2)on1. The number of rotatable bonds is 5. The van der Waals surface area contributed by atoms with Gasteiger partial charge in [0.1, 0.15) is 0 Å². The molecule has 1 aliphatic carbocycles. The second-order valence-corrected chi connectivity index (χ2v) is 7.55. The Labute approximate surface area is 149 Å². The van der Waals surface area contributed by atoms with Gasteiger partial charge in [-0.2, -0.15) is 5.10 Å². The molecule has 6 heteroatoms. The minimum Gasteiger partial charge on any atom is -0.356 e. The first-order chi connectivity index (χ1) is 11.9. The smallest absolute Gasteiger partial charge is 0.222 e. The summed E-state index contributed by atoms with van der Waals surface area (Å²) < 4.78 is 7.31. The van der Waals surface area contributed by atoms with Gasteiger partial charge in [0.05, 0.1) is 17.0 Å². The topological polar surface area (TPSA) is 73.0 Å². The molecule has 0 unspecified atom stereocenters. The van der Waals surface area contributed by atoms with E-state index in [1.807, 2.05) is 44.8 Å². The van der Waals surface area contributed by atoms with Crippen molar-refractivity contribution in [2.45, 2.75) is 52.4 Å². The number of nitrogens with zero attached hydrogens (tertiary/aromatic N) is 3. The Bertz CT molecular complexity index is 724. The number of carbonyl (C=O) groups is 1. The van der Waals surface area contributed by atoms with E-state index in [9.17, 15) is 4.79 Å². The lowest BCUT2D eigenvalue weighted by molar-refractivity contribution is -0.124. The first-order valence-corrected chi connectivity index (χ1v) is 9.19. The van der Waals surface area contributed by atoms with E-state index in [2.05, 4.69) is 10.5 Å². The summed E-state index contributed by atoms with van der Waals surface area (Å²) in [6, 6.07) is 1.97. The molecule has 1 saturated carbocycles. The summed E-state index contributed by atoms with van der Waals surface area (Å²) in [5.41, 5.74) is 3.05. The predicted molar refractivity (Wildman–Crippen MR) is 96.0 cm³/mol. The van der Waals surface area contributed by atoms with Crippen molar-refractivity contribution in [2.75, 3.05) is 6.54 Å². The van der Waals surface area contributed by atoms with Crippen molar-refractivity contribution in [1.29, 1.82) is 0 Å². The molecule has 1 N–H and O–H groups in total. The van der Waals surface area contributed by atoms with Crippen LogP contribution in [0.25, 0.3) is 11.3 Å². The molecule has 136 valence electrons. The van der Waals surface area contributed by atoms with Gasteiger partial charge in [0.2, 0.25) is 5.91 Å². The fourth-order valence-corrected chi connectivity index (χ4v) is 3.58. The molecule has 3 rings (SSSR count). The molecule has 0 aromatic carbocycles. The third-order valence-electron chi connectivity index (χ3n) is 5.07. The van der Waals surface area contributed by atoms with Gasteiger partial charge in [-0.3, -0.25) is 9.48 Å². The van der Waals surface area contributed by atoms with Crippen molar-refractivity contribution in [1.82, 2.24) is 20.3 Å². The quantitative estimate of drug-likeness (QED) is 0.902. The number of hydrogen-bond acceptors (Lipinski definition) is 4. The molecule has 0 spiro atoms. The number of hydrogen-bond donors (Lipinski definition) is 1. The van der Waals surface area contributed by atoms with E-state index in [1.54, 1.807) is 0 Å². The van der Waals surface area contributed by atoms with Crippen LogP contribution in [0.3, 0.4) is 0 Å². The maximum Gasteiger partial charge on any atom is 0.222 e. The van der Waals surface area contributed by atoms with Gasteiger partial charge < -0.3 is 9.84 Å². The molecule has 2 aromatic rings. The lowest BCUT2D eigenvalue weighted by Gasteiger charge is -2.28. The lowest BCUT2D eigenvalue weighted by atomic mass is 9.79. The highest BCUT2D eigenvalue weighted by Crippen LogP contribution is 2.39. The van der Waals surface area contributed by atoms with Crippen molar-refractivity contribution in [3.05, 3.63) is 23.7 Å². The van der Waals surface area contributed by atoms with Gasteiger partial charge in [0.15, 0.2) is 5.76 Å². The van der Waals surface area contributed by atoms with E-state index in [1.165, 1.54) is 0 Å². The number of nitrogens with one attached hydrogen (secondary N) is 1. The maximum absolute atomic E-state index is 11.7. The zero-order valence-electron chi connectivity index (χ0n) is 15.6. The third-order valence-corrected chi connectivity index (χ3v) is 5.07. The van der Waals surface area contributed by atoms with Gasteiger partial charge in [-0.1, -0.05) is 19.0 Å². The fraction of sp³-hybridized carbons (Fsp3) is 0.632. The van der Waals surface area contributed by atoms with Gasteiger partial charge >= 0.3 is 0 Å². The summed E-state index contributed by atoms with van der Waals surface area (Å²) in [5.74, 6) is 2.01. The van der Waals surface area contributed by atoms with E-state index in [0.29, 0.717) is 11.8 Å². The van der Waals surface area contributed by atoms with Crippen LogP contribution < -0.4 is 5.32 Å². The Kier molecular flexibility index (Phi) is 5.25. The van der Waals surface area contributed by atoms with Crippen LogP contribution in [0.1, 0.15) is 56.8 Å². The van der Waals surface area contributed by atoms with E-state index < -0.39 is 0 Å². The zero-order valence-corrected chi connectivity index (χ0v) is 15.6. The number of aryl methyl sites for hydroxylation is 2. The summed E-state index contributed by atoms with van der Waals surface area (Å²) in [6.45, 7) is 6.58.